The molecule has 0 saturated carbocycles. The first kappa shape index (κ1) is 13.6. The normalized spacial score (nSPS) is 14.3. The number of fused-ring (bicyclic) bond motifs is 1. The fraction of sp³-hybridized carbons (Fsp3) is 0.125. The van der Waals surface area contributed by atoms with E-state index in [1.807, 2.05) is 6.07 Å². The summed E-state index contributed by atoms with van der Waals surface area (Å²) >= 11 is 6.03. The Morgan fingerprint density at radius 3 is 2.67 bits per heavy atom. The molecule has 0 aromatic heterocycles. The monoisotopic (exact) mass is 300 g/mol. The Hall–Kier alpha value is -2.33. The lowest BCUT2D eigenvalue weighted by Gasteiger charge is -2.28. The van der Waals surface area contributed by atoms with Crippen molar-refractivity contribution in [2.24, 2.45) is 0 Å². The molecule has 1 aliphatic heterocycles. The van der Waals surface area contributed by atoms with Crippen molar-refractivity contribution in [3.8, 4) is 0 Å². The minimum absolute atomic E-state index is 0.198. The summed E-state index contributed by atoms with van der Waals surface area (Å²) < 4.78 is 0. The Bertz CT molecular complexity index is 771. The zero-order chi connectivity index (χ0) is 15.1. The van der Waals surface area contributed by atoms with Crippen LogP contribution in [-0.4, -0.2) is 11.8 Å². The van der Waals surface area contributed by atoms with E-state index >= 15 is 0 Å². The Labute approximate surface area is 127 Å². The van der Waals surface area contributed by atoms with Crippen LogP contribution in [0.5, 0.6) is 0 Å². The number of hydrogen-bond acceptors (Lipinski definition) is 3. The molecule has 2 N–H and O–H groups in total. The molecule has 0 spiro atoms. The van der Waals surface area contributed by atoms with Gasteiger partial charge in [0.2, 0.25) is 5.91 Å². The molecule has 0 fully saturated rings. The largest absolute Gasteiger partial charge is 0.398 e. The minimum Gasteiger partial charge on any atom is -0.398 e. The van der Waals surface area contributed by atoms with Crippen molar-refractivity contribution in [3.63, 3.8) is 0 Å². The Morgan fingerprint density at radius 1 is 1.19 bits per heavy atom. The lowest BCUT2D eigenvalue weighted by molar-refractivity contribution is -0.117. The SMILES string of the molecule is Cc1cc(N)c(Cl)cc1N1C(=O)Cc2ccccc2C1=O. The zero-order valence-electron chi connectivity index (χ0n) is 11.4. The Kier molecular flexibility index (Phi) is 3.18. The summed E-state index contributed by atoms with van der Waals surface area (Å²) in [7, 11) is 0. The Balaban J connectivity index is 2.14. The molecule has 3 rings (SSSR count). The number of carbonyl (C=O) groups is 2. The van der Waals surface area contributed by atoms with E-state index in [0.717, 1.165) is 11.1 Å². The highest BCUT2D eigenvalue weighted by molar-refractivity contribution is 6.34. The molecule has 1 aliphatic rings. The summed E-state index contributed by atoms with van der Waals surface area (Å²) in [5, 5.41) is 0.329. The predicted octanol–water partition coefficient (Wildman–Crippen LogP) is 2.96. The molecule has 5 heteroatoms. The van der Waals surface area contributed by atoms with Gasteiger partial charge in [0.1, 0.15) is 0 Å². The van der Waals surface area contributed by atoms with E-state index in [9.17, 15) is 9.59 Å². The number of nitrogens with zero attached hydrogens (tertiary/aromatic N) is 1. The van der Waals surface area contributed by atoms with Crippen LogP contribution in [0.25, 0.3) is 0 Å². The average Bonchev–Trinajstić information content (AvgIpc) is 2.44. The highest BCUT2D eigenvalue weighted by atomic mass is 35.5. The van der Waals surface area contributed by atoms with Crippen LogP contribution < -0.4 is 10.6 Å². The molecule has 106 valence electrons. The average molecular weight is 301 g/mol. The number of imide groups is 1. The van der Waals surface area contributed by atoms with Crippen LogP contribution in [0.4, 0.5) is 11.4 Å². The number of nitrogen functional groups attached to an aromatic ring is 1. The maximum absolute atomic E-state index is 12.6. The van der Waals surface area contributed by atoms with Crippen molar-refractivity contribution in [3.05, 3.63) is 58.1 Å². The van der Waals surface area contributed by atoms with Crippen LogP contribution in [0.3, 0.4) is 0 Å². The number of benzene rings is 2. The molecule has 0 bridgehead atoms. The molecule has 2 aromatic carbocycles. The molecule has 0 unspecified atom stereocenters. The smallest absolute Gasteiger partial charge is 0.265 e. The van der Waals surface area contributed by atoms with E-state index in [1.165, 1.54) is 4.90 Å². The molecule has 2 aromatic rings. The van der Waals surface area contributed by atoms with Gasteiger partial charge in [0.25, 0.3) is 5.91 Å². The van der Waals surface area contributed by atoms with Gasteiger partial charge in [0, 0.05) is 5.56 Å². The fourth-order valence-corrected chi connectivity index (χ4v) is 2.69. The van der Waals surface area contributed by atoms with Crippen molar-refractivity contribution >= 4 is 34.8 Å². The summed E-state index contributed by atoms with van der Waals surface area (Å²) in [6.45, 7) is 1.79. The Morgan fingerprint density at radius 2 is 1.90 bits per heavy atom. The quantitative estimate of drug-likeness (QED) is 0.650. The van der Waals surface area contributed by atoms with Gasteiger partial charge in [-0.2, -0.15) is 0 Å². The first-order chi connectivity index (χ1) is 9.99. The topological polar surface area (TPSA) is 63.4 Å². The van der Waals surface area contributed by atoms with Crippen molar-refractivity contribution < 1.29 is 9.59 Å². The number of nitrogens with two attached hydrogens (primary N) is 1. The van der Waals surface area contributed by atoms with Crippen LogP contribution in [0.1, 0.15) is 21.5 Å². The highest BCUT2D eigenvalue weighted by Gasteiger charge is 2.32. The number of hydrogen-bond donors (Lipinski definition) is 1. The number of carbonyl (C=O) groups excluding carboxylic acids is 2. The standard InChI is InChI=1S/C16H13ClN2O2/c1-9-6-13(18)12(17)8-14(9)19-15(20)7-10-4-2-3-5-11(10)16(19)21/h2-6,8H,7,18H2,1H3. The molecular weight excluding hydrogens is 288 g/mol. The van der Waals surface area contributed by atoms with E-state index in [0.29, 0.717) is 22.0 Å². The second-order valence-corrected chi connectivity index (χ2v) is 5.44. The molecule has 0 atom stereocenters. The number of rotatable bonds is 1. The summed E-state index contributed by atoms with van der Waals surface area (Å²) in [4.78, 5) is 26.1. The lowest BCUT2D eigenvalue weighted by atomic mass is 9.97. The minimum atomic E-state index is -0.328. The maximum Gasteiger partial charge on any atom is 0.265 e. The van der Waals surface area contributed by atoms with Crippen LogP contribution in [-0.2, 0) is 11.2 Å². The van der Waals surface area contributed by atoms with Gasteiger partial charge < -0.3 is 5.73 Å². The van der Waals surface area contributed by atoms with E-state index in [4.69, 9.17) is 17.3 Å². The molecule has 4 nitrogen and oxygen atoms in total. The van der Waals surface area contributed by atoms with E-state index in [-0.39, 0.29) is 18.2 Å². The van der Waals surface area contributed by atoms with Crippen molar-refractivity contribution in [2.45, 2.75) is 13.3 Å². The third-order valence-electron chi connectivity index (χ3n) is 3.60. The van der Waals surface area contributed by atoms with Gasteiger partial charge in [-0.1, -0.05) is 29.8 Å². The molecule has 2 amide bonds. The summed E-state index contributed by atoms with van der Waals surface area (Å²) in [6, 6.07) is 10.4. The van der Waals surface area contributed by atoms with Gasteiger partial charge >= 0.3 is 0 Å². The number of aryl methyl sites for hydroxylation is 1. The number of halogens is 1. The molecule has 0 radical (unpaired) electrons. The zero-order valence-corrected chi connectivity index (χ0v) is 12.1. The van der Waals surface area contributed by atoms with Crippen molar-refractivity contribution in [1.82, 2.24) is 0 Å². The van der Waals surface area contributed by atoms with Crippen molar-refractivity contribution in [2.75, 3.05) is 10.6 Å². The first-order valence-corrected chi connectivity index (χ1v) is 6.87. The number of amides is 2. The maximum atomic E-state index is 12.6. The van der Waals surface area contributed by atoms with Gasteiger partial charge in [-0.05, 0) is 36.2 Å². The summed E-state index contributed by atoms with van der Waals surface area (Å²) in [5.41, 5.74) is 8.69. The van der Waals surface area contributed by atoms with E-state index < -0.39 is 0 Å². The van der Waals surface area contributed by atoms with Gasteiger partial charge in [-0.3, -0.25) is 9.59 Å². The second-order valence-electron chi connectivity index (χ2n) is 5.03. The van der Waals surface area contributed by atoms with Crippen LogP contribution in [0.2, 0.25) is 5.02 Å². The van der Waals surface area contributed by atoms with E-state index in [2.05, 4.69) is 0 Å². The van der Waals surface area contributed by atoms with Gasteiger partial charge in [0.15, 0.2) is 0 Å². The van der Waals surface area contributed by atoms with Gasteiger partial charge in [0.05, 0.1) is 22.8 Å². The van der Waals surface area contributed by atoms with Crippen molar-refractivity contribution in [1.29, 1.82) is 0 Å². The number of anilines is 2. The van der Waals surface area contributed by atoms with Crippen LogP contribution >= 0.6 is 11.6 Å². The molecule has 21 heavy (non-hydrogen) atoms. The fourth-order valence-electron chi connectivity index (χ4n) is 2.54. The molecular formula is C16H13ClN2O2. The lowest BCUT2D eigenvalue weighted by Crippen LogP contribution is -2.42. The molecule has 0 aliphatic carbocycles. The molecule has 1 heterocycles. The van der Waals surface area contributed by atoms with Gasteiger partial charge in [-0.15, -0.1) is 0 Å². The van der Waals surface area contributed by atoms with E-state index in [1.54, 1.807) is 37.3 Å². The first-order valence-electron chi connectivity index (χ1n) is 6.50. The van der Waals surface area contributed by atoms with Crippen LogP contribution in [0.15, 0.2) is 36.4 Å². The van der Waals surface area contributed by atoms with Crippen LogP contribution in [0, 0.1) is 6.92 Å². The highest BCUT2D eigenvalue weighted by Crippen LogP contribution is 2.32. The summed E-state index contributed by atoms with van der Waals surface area (Å²) in [6.07, 6.45) is 0.198. The summed E-state index contributed by atoms with van der Waals surface area (Å²) in [5.74, 6) is -0.589. The second kappa shape index (κ2) is 4.90. The van der Waals surface area contributed by atoms with Gasteiger partial charge in [-0.25, -0.2) is 4.90 Å². The third kappa shape index (κ3) is 2.17. The molecule has 0 saturated heterocycles. The predicted molar refractivity (Wildman–Crippen MR) is 82.6 cm³/mol. The third-order valence-corrected chi connectivity index (χ3v) is 3.93.